The van der Waals surface area contributed by atoms with Gasteiger partial charge in [0.05, 0.1) is 5.69 Å². The predicted molar refractivity (Wildman–Crippen MR) is 87.8 cm³/mol. The third-order valence-electron chi connectivity index (χ3n) is 2.87. The fraction of sp³-hybridized carbons (Fsp3) is 0.0714. The SMILES string of the molecule is Fc1cc(Br)ccc1CSc1nnnn1-c1cccc(Cl)c1. The van der Waals surface area contributed by atoms with Crippen LogP contribution in [0.2, 0.25) is 5.02 Å². The molecule has 0 N–H and O–H groups in total. The monoisotopic (exact) mass is 398 g/mol. The molecule has 0 spiro atoms. The zero-order valence-electron chi connectivity index (χ0n) is 11.1. The number of hydrogen-bond donors (Lipinski definition) is 0. The second-order valence-electron chi connectivity index (χ2n) is 4.38. The van der Waals surface area contributed by atoms with Gasteiger partial charge in [-0.25, -0.2) is 4.39 Å². The highest BCUT2D eigenvalue weighted by Crippen LogP contribution is 2.25. The van der Waals surface area contributed by atoms with E-state index >= 15 is 0 Å². The zero-order chi connectivity index (χ0) is 15.5. The van der Waals surface area contributed by atoms with E-state index in [-0.39, 0.29) is 5.82 Å². The van der Waals surface area contributed by atoms with Crippen molar-refractivity contribution in [1.29, 1.82) is 0 Å². The summed E-state index contributed by atoms with van der Waals surface area (Å²) < 4.78 is 16.1. The van der Waals surface area contributed by atoms with Crippen LogP contribution in [0.1, 0.15) is 5.56 Å². The van der Waals surface area contributed by atoms with Crippen molar-refractivity contribution < 1.29 is 4.39 Å². The van der Waals surface area contributed by atoms with Crippen molar-refractivity contribution in [3.05, 3.63) is 63.3 Å². The first-order chi connectivity index (χ1) is 10.6. The molecule has 112 valence electrons. The molecule has 0 bridgehead atoms. The van der Waals surface area contributed by atoms with E-state index in [9.17, 15) is 4.39 Å². The van der Waals surface area contributed by atoms with E-state index in [1.807, 2.05) is 12.1 Å². The highest BCUT2D eigenvalue weighted by atomic mass is 79.9. The molecule has 2 aromatic carbocycles. The van der Waals surface area contributed by atoms with Crippen LogP contribution in [0.15, 0.2) is 52.1 Å². The predicted octanol–water partition coefficient (Wildman–Crippen LogP) is 4.51. The zero-order valence-corrected chi connectivity index (χ0v) is 14.2. The number of thioether (sulfide) groups is 1. The van der Waals surface area contributed by atoms with Crippen LogP contribution >= 0.6 is 39.3 Å². The van der Waals surface area contributed by atoms with Gasteiger partial charge in [0.15, 0.2) is 0 Å². The van der Waals surface area contributed by atoms with Crippen LogP contribution in [0, 0.1) is 5.82 Å². The van der Waals surface area contributed by atoms with E-state index in [2.05, 4.69) is 31.5 Å². The summed E-state index contributed by atoms with van der Waals surface area (Å²) in [6, 6.07) is 12.2. The maximum Gasteiger partial charge on any atom is 0.214 e. The Labute approximate surface area is 143 Å². The van der Waals surface area contributed by atoms with Crippen molar-refractivity contribution in [3.63, 3.8) is 0 Å². The Morgan fingerprint density at radius 1 is 1.23 bits per heavy atom. The van der Waals surface area contributed by atoms with E-state index in [1.165, 1.54) is 17.8 Å². The summed E-state index contributed by atoms with van der Waals surface area (Å²) in [6.07, 6.45) is 0. The smallest absolute Gasteiger partial charge is 0.207 e. The molecule has 0 saturated heterocycles. The average molecular weight is 400 g/mol. The van der Waals surface area contributed by atoms with Crippen LogP contribution in [-0.2, 0) is 5.75 Å². The molecule has 3 aromatic rings. The molecule has 1 aromatic heterocycles. The Hall–Kier alpha value is -1.44. The van der Waals surface area contributed by atoms with Gasteiger partial charge in [-0.2, -0.15) is 4.68 Å². The summed E-state index contributed by atoms with van der Waals surface area (Å²) in [7, 11) is 0. The van der Waals surface area contributed by atoms with Gasteiger partial charge in [0.1, 0.15) is 5.82 Å². The van der Waals surface area contributed by atoms with E-state index < -0.39 is 0 Å². The molecule has 0 unspecified atom stereocenters. The Balaban J connectivity index is 1.81. The minimum Gasteiger partial charge on any atom is -0.207 e. The topological polar surface area (TPSA) is 43.6 Å². The number of benzene rings is 2. The van der Waals surface area contributed by atoms with Gasteiger partial charge < -0.3 is 0 Å². The Kier molecular flexibility index (Phi) is 4.75. The molecule has 0 aliphatic rings. The third kappa shape index (κ3) is 3.48. The molecule has 0 radical (unpaired) electrons. The summed E-state index contributed by atoms with van der Waals surface area (Å²) in [5, 5.41) is 12.8. The minimum atomic E-state index is -0.261. The van der Waals surface area contributed by atoms with E-state index in [4.69, 9.17) is 11.6 Å². The highest BCUT2D eigenvalue weighted by Gasteiger charge is 2.11. The third-order valence-corrected chi connectivity index (χ3v) is 4.56. The van der Waals surface area contributed by atoms with E-state index in [0.717, 1.165) is 5.69 Å². The van der Waals surface area contributed by atoms with Gasteiger partial charge in [0.2, 0.25) is 5.16 Å². The number of tetrazole rings is 1. The van der Waals surface area contributed by atoms with Crippen molar-refractivity contribution in [2.75, 3.05) is 0 Å². The summed E-state index contributed by atoms with van der Waals surface area (Å²) >= 11 is 10.6. The largest absolute Gasteiger partial charge is 0.214 e. The Morgan fingerprint density at radius 2 is 2.09 bits per heavy atom. The summed E-state index contributed by atoms with van der Waals surface area (Å²) in [4.78, 5) is 0. The van der Waals surface area contributed by atoms with Crippen LogP contribution in [-0.4, -0.2) is 20.2 Å². The quantitative estimate of drug-likeness (QED) is 0.606. The lowest BCUT2D eigenvalue weighted by atomic mass is 10.2. The van der Waals surface area contributed by atoms with Gasteiger partial charge in [0, 0.05) is 15.2 Å². The molecule has 0 aliphatic carbocycles. The molecule has 8 heteroatoms. The first-order valence-electron chi connectivity index (χ1n) is 6.24. The first kappa shape index (κ1) is 15.5. The Morgan fingerprint density at radius 3 is 2.86 bits per heavy atom. The number of halogens is 3. The van der Waals surface area contributed by atoms with Crippen LogP contribution in [0.25, 0.3) is 5.69 Å². The fourth-order valence-corrected chi connectivity index (χ4v) is 3.21. The fourth-order valence-electron chi connectivity index (χ4n) is 1.82. The number of hydrogen-bond acceptors (Lipinski definition) is 4. The first-order valence-corrected chi connectivity index (χ1v) is 8.40. The van der Waals surface area contributed by atoms with Crippen molar-refractivity contribution in [2.45, 2.75) is 10.9 Å². The molecule has 0 atom stereocenters. The number of rotatable bonds is 4. The van der Waals surface area contributed by atoms with Crippen LogP contribution in [0.3, 0.4) is 0 Å². The number of aromatic nitrogens is 4. The lowest BCUT2D eigenvalue weighted by Gasteiger charge is -2.05. The van der Waals surface area contributed by atoms with Crippen molar-refractivity contribution >= 4 is 39.3 Å². The Bertz CT molecular complexity index is 811. The van der Waals surface area contributed by atoms with Crippen LogP contribution in [0.5, 0.6) is 0 Å². The second-order valence-corrected chi connectivity index (χ2v) is 6.67. The molecule has 0 saturated carbocycles. The molecule has 0 amide bonds. The molecule has 22 heavy (non-hydrogen) atoms. The summed E-state index contributed by atoms with van der Waals surface area (Å²) in [5.41, 5.74) is 1.35. The van der Waals surface area contributed by atoms with E-state index in [1.54, 1.807) is 28.9 Å². The molecule has 0 aliphatic heterocycles. The van der Waals surface area contributed by atoms with Crippen molar-refractivity contribution in [2.24, 2.45) is 0 Å². The van der Waals surface area contributed by atoms with Gasteiger partial charge in [-0.1, -0.05) is 51.4 Å². The summed E-state index contributed by atoms with van der Waals surface area (Å²) in [6.45, 7) is 0. The lowest BCUT2D eigenvalue weighted by Crippen LogP contribution is -1.99. The van der Waals surface area contributed by atoms with Crippen molar-refractivity contribution in [1.82, 2.24) is 20.2 Å². The van der Waals surface area contributed by atoms with Gasteiger partial charge in [0.25, 0.3) is 0 Å². The molecular formula is C14H9BrClFN4S. The van der Waals surface area contributed by atoms with E-state index in [0.29, 0.717) is 26.0 Å². The standard InChI is InChI=1S/C14H9BrClFN4S/c15-10-5-4-9(13(17)6-10)8-22-14-18-19-20-21(14)12-3-1-2-11(16)7-12/h1-7H,8H2. The molecular weight excluding hydrogens is 391 g/mol. The van der Waals surface area contributed by atoms with Crippen LogP contribution < -0.4 is 0 Å². The van der Waals surface area contributed by atoms with Crippen molar-refractivity contribution in [3.8, 4) is 5.69 Å². The van der Waals surface area contributed by atoms with Gasteiger partial charge >= 0.3 is 0 Å². The second kappa shape index (κ2) is 6.76. The lowest BCUT2D eigenvalue weighted by molar-refractivity contribution is 0.616. The van der Waals surface area contributed by atoms with Gasteiger partial charge in [-0.05, 0) is 46.3 Å². The van der Waals surface area contributed by atoms with Gasteiger partial charge in [-0.3, -0.25) is 0 Å². The molecule has 1 heterocycles. The molecule has 4 nitrogen and oxygen atoms in total. The van der Waals surface area contributed by atoms with Crippen LogP contribution in [0.4, 0.5) is 4.39 Å². The van der Waals surface area contributed by atoms with Gasteiger partial charge in [-0.15, -0.1) is 5.10 Å². The molecule has 3 rings (SSSR count). The maximum atomic E-state index is 13.8. The highest BCUT2D eigenvalue weighted by molar-refractivity contribution is 9.10. The number of nitrogens with zero attached hydrogens (tertiary/aromatic N) is 4. The maximum absolute atomic E-state index is 13.8. The summed E-state index contributed by atoms with van der Waals surface area (Å²) in [5.74, 6) is 0.170. The normalized spacial score (nSPS) is 10.9. The average Bonchev–Trinajstić information content (AvgIpc) is 2.95. The molecule has 0 fully saturated rings. The minimum absolute atomic E-state index is 0.261.